The van der Waals surface area contributed by atoms with Crippen LogP contribution in [0.1, 0.15) is 14.8 Å². The molecule has 0 aliphatic carbocycles. The normalized spacial score (nSPS) is 10.4. The van der Waals surface area contributed by atoms with Gasteiger partial charge in [-0.1, -0.05) is 0 Å². The van der Waals surface area contributed by atoms with Gasteiger partial charge in [-0.3, -0.25) is 0 Å². The van der Waals surface area contributed by atoms with E-state index in [2.05, 4.69) is 12.1 Å². The number of hydrogen-bond donors (Lipinski definition) is 0. The predicted molar refractivity (Wildman–Crippen MR) is 51.0 cm³/mol. The van der Waals surface area contributed by atoms with Crippen LogP contribution in [-0.2, 0) is 0 Å². The van der Waals surface area contributed by atoms with Crippen molar-refractivity contribution in [2.45, 2.75) is 6.92 Å². The van der Waals surface area contributed by atoms with Crippen LogP contribution < -0.4 is 0 Å². The third kappa shape index (κ3) is 1.04. The summed E-state index contributed by atoms with van der Waals surface area (Å²) in [6.07, 6.45) is 0.995. The van der Waals surface area contributed by atoms with E-state index in [1.807, 2.05) is 19.1 Å². The van der Waals surface area contributed by atoms with Gasteiger partial charge in [0, 0.05) is 0 Å². The third-order valence-corrected chi connectivity index (χ3v) is 4.50. The van der Waals surface area contributed by atoms with E-state index in [-0.39, 0.29) is 14.5 Å². The van der Waals surface area contributed by atoms with E-state index in [9.17, 15) is 4.79 Å². The molecule has 60 valence electrons. The van der Waals surface area contributed by atoms with Crippen molar-refractivity contribution in [2.75, 3.05) is 0 Å². The molecule has 0 fully saturated rings. The van der Waals surface area contributed by atoms with Gasteiger partial charge in [-0.15, -0.1) is 0 Å². The van der Waals surface area contributed by atoms with Gasteiger partial charge in [0.2, 0.25) is 0 Å². The molecule has 2 rings (SSSR count). The average molecular weight is 223 g/mol. The van der Waals surface area contributed by atoms with Gasteiger partial charge >= 0.3 is 76.4 Å². The van der Waals surface area contributed by atoms with Crippen LogP contribution in [0.15, 0.2) is 24.3 Å². The Morgan fingerprint density at radius 1 is 1.33 bits per heavy atom. The number of carbonyl (C=O) groups is 1. The van der Waals surface area contributed by atoms with Gasteiger partial charge in [0.15, 0.2) is 0 Å². The second-order valence-electron chi connectivity index (χ2n) is 2.71. The Balaban J connectivity index is 2.87. The summed E-state index contributed by atoms with van der Waals surface area (Å²) in [6.45, 7) is 2.03. The van der Waals surface area contributed by atoms with Crippen molar-refractivity contribution >= 4 is 30.4 Å². The van der Waals surface area contributed by atoms with Gasteiger partial charge in [-0.25, -0.2) is 0 Å². The van der Waals surface area contributed by atoms with Crippen LogP contribution in [0.5, 0.6) is 0 Å². The number of rotatable bonds is 1. The molecule has 0 radical (unpaired) electrons. The molecule has 0 unspecified atom stereocenters. The minimum atomic E-state index is 0.252. The molecule has 0 N–H and O–H groups in total. The SMILES string of the molecule is Cc1c(C=O)[se]c2ccccc12. The van der Waals surface area contributed by atoms with Gasteiger partial charge in [0.05, 0.1) is 0 Å². The quantitative estimate of drug-likeness (QED) is 0.534. The van der Waals surface area contributed by atoms with E-state index in [0.717, 1.165) is 10.7 Å². The van der Waals surface area contributed by atoms with Crippen LogP contribution in [0.4, 0.5) is 0 Å². The first kappa shape index (κ1) is 7.78. The number of fused-ring (bicyclic) bond motifs is 1. The molecule has 1 heterocycles. The van der Waals surface area contributed by atoms with Crippen LogP contribution in [0.2, 0.25) is 0 Å². The zero-order valence-electron chi connectivity index (χ0n) is 6.70. The van der Waals surface area contributed by atoms with Gasteiger partial charge in [0.1, 0.15) is 0 Å². The second kappa shape index (κ2) is 2.89. The molecule has 0 saturated carbocycles. The summed E-state index contributed by atoms with van der Waals surface area (Å²) < 4.78 is 2.33. The molecule has 0 saturated heterocycles. The summed E-state index contributed by atoms with van der Waals surface area (Å²) in [6, 6.07) is 8.24. The molecule has 0 amide bonds. The third-order valence-electron chi connectivity index (χ3n) is 1.99. The molecule has 1 nitrogen and oxygen atoms in total. The Kier molecular flexibility index (Phi) is 1.87. The Bertz CT molecular complexity index is 428. The van der Waals surface area contributed by atoms with Crippen molar-refractivity contribution < 1.29 is 4.79 Å². The maximum atomic E-state index is 10.6. The van der Waals surface area contributed by atoms with Crippen molar-refractivity contribution in [3.63, 3.8) is 0 Å². The molecule has 2 heteroatoms. The fourth-order valence-electron chi connectivity index (χ4n) is 1.31. The molecular weight excluding hydrogens is 215 g/mol. The molecular formula is C10H8OSe. The molecule has 1 aromatic heterocycles. The second-order valence-corrected chi connectivity index (χ2v) is 4.98. The van der Waals surface area contributed by atoms with Crippen LogP contribution in [0.3, 0.4) is 0 Å². The molecule has 12 heavy (non-hydrogen) atoms. The fraction of sp³-hybridized carbons (Fsp3) is 0.100. The molecule has 2 aromatic rings. The molecule has 0 atom stereocenters. The number of aryl methyl sites for hydroxylation is 1. The minimum absolute atomic E-state index is 0.252. The van der Waals surface area contributed by atoms with Crippen LogP contribution in [0.25, 0.3) is 9.65 Å². The van der Waals surface area contributed by atoms with Gasteiger partial charge in [-0.2, -0.15) is 0 Å². The van der Waals surface area contributed by atoms with Gasteiger partial charge in [-0.05, 0) is 0 Å². The van der Waals surface area contributed by atoms with Gasteiger partial charge in [0.25, 0.3) is 0 Å². The molecule has 1 aromatic carbocycles. The van der Waals surface area contributed by atoms with E-state index in [4.69, 9.17) is 0 Å². The topological polar surface area (TPSA) is 17.1 Å². The Hall–Kier alpha value is -0.851. The summed E-state index contributed by atoms with van der Waals surface area (Å²) in [5, 5.41) is 1.26. The zero-order valence-corrected chi connectivity index (χ0v) is 8.42. The van der Waals surface area contributed by atoms with Crippen molar-refractivity contribution in [1.29, 1.82) is 0 Å². The van der Waals surface area contributed by atoms with Crippen LogP contribution in [-0.4, -0.2) is 20.8 Å². The summed E-state index contributed by atoms with van der Waals surface area (Å²) in [4.78, 5) is 10.6. The Morgan fingerprint density at radius 3 is 2.75 bits per heavy atom. The summed E-state index contributed by atoms with van der Waals surface area (Å²) in [5.74, 6) is 0. The molecule has 0 aliphatic heterocycles. The average Bonchev–Trinajstić information content (AvgIpc) is 2.44. The standard InChI is InChI=1S/C10H8OSe/c1-7-8-4-2-3-5-9(8)12-10(7)6-11/h2-6H,1H3. The zero-order chi connectivity index (χ0) is 8.55. The fourth-order valence-corrected chi connectivity index (χ4v) is 3.46. The van der Waals surface area contributed by atoms with E-state index < -0.39 is 0 Å². The number of aldehydes is 1. The summed E-state index contributed by atoms with van der Waals surface area (Å²) >= 11 is 0.252. The van der Waals surface area contributed by atoms with E-state index >= 15 is 0 Å². The molecule has 0 spiro atoms. The van der Waals surface area contributed by atoms with Crippen molar-refractivity contribution in [3.8, 4) is 0 Å². The van der Waals surface area contributed by atoms with E-state index in [0.29, 0.717) is 0 Å². The Morgan fingerprint density at radius 2 is 2.08 bits per heavy atom. The number of benzene rings is 1. The van der Waals surface area contributed by atoms with Crippen LogP contribution in [0, 0.1) is 6.92 Å². The monoisotopic (exact) mass is 224 g/mol. The molecule has 0 bridgehead atoms. The number of carbonyl (C=O) groups excluding carboxylic acids is 1. The van der Waals surface area contributed by atoms with E-state index in [1.165, 1.54) is 15.2 Å². The summed E-state index contributed by atoms with van der Waals surface area (Å²) in [5.41, 5.74) is 1.17. The molecule has 0 aliphatic rings. The van der Waals surface area contributed by atoms with Crippen molar-refractivity contribution in [1.82, 2.24) is 0 Å². The predicted octanol–water partition coefficient (Wildman–Crippen LogP) is 2.02. The van der Waals surface area contributed by atoms with E-state index in [1.54, 1.807) is 0 Å². The first-order chi connectivity index (χ1) is 5.83. The van der Waals surface area contributed by atoms with Crippen molar-refractivity contribution in [2.24, 2.45) is 0 Å². The van der Waals surface area contributed by atoms with Crippen molar-refractivity contribution in [3.05, 3.63) is 34.3 Å². The first-order valence-electron chi connectivity index (χ1n) is 3.76. The summed E-state index contributed by atoms with van der Waals surface area (Å²) in [7, 11) is 0. The Labute approximate surface area is 76.8 Å². The van der Waals surface area contributed by atoms with Gasteiger partial charge < -0.3 is 0 Å². The maximum absolute atomic E-state index is 10.6. The van der Waals surface area contributed by atoms with Crippen LogP contribution >= 0.6 is 0 Å². The first-order valence-corrected chi connectivity index (χ1v) is 5.47. The number of hydrogen-bond acceptors (Lipinski definition) is 1.